The molecular weight excluding hydrogens is 350 g/mol. The molecule has 4 rings (SSSR count). The number of nitrogens with one attached hydrogen (secondary N) is 1. The molecule has 1 aliphatic heterocycles. The molecule has 1 fully saturated rings. The second-order valence-corrected chi connectivity index (χ2v) is 6.62. The Bertz CT molecular complexity index is 995. The van der Waals surface area contributed by atoms with Gasteiger partial charge >= 0.3 is 0 Å². The molecule has 0 radical (unpaired) electrons. The Morgan fingerprint density at radius 1 is 1.11 bits per heavy atom. The second-order valence-electron chi connectivity index (χ2n) is 6.62. The molecule has 1 N–H and O–H groups in total. The van der Waals surface area contributed by atoms with Crippen LogP contribution in [0.25, 0.3) is 11.0 Å². The van der Waals surface area contributed by atoms with E-state index in [1.165, 1.54) is 6.07 Å². The van der Waals surface area contributed by atoms with E-state index in [9.17, 15) is 13.6 Å². The molecular formula is C20H18F2N4O. The zero-order valence-corrected chi connectivity index (χ0v) is 14.5. The van der Waals surface area contributed by atoms with Crippen molar-refractivity contribution in [3.8, 4) is 0 Å². The van der Waals surface area contributed by atoms with Crippen LogP contribution in [-0.4, -0.2) is 29.0 Å². The molecule has 2 heterocycles. The van der Waals surface area contributed by atoms with Crippen LogP contribution in [0, 0.1) is 17.6 Å². The van der Waals surface area contributed by atoms with Crippen molar-refractivity contribution in [3.05, 3.63) is 60.3 Å². The van der Waals surface area contributed by atoms with Crippen LogP contribution in [0.15, 0.2) is 48.7 Å². The highest BCUT2D eigenvalue weighted by atomic mass is 19.2. The number of anilines is 2. The number of halogens is 2. The van der Waals surface area contributed by atoms with E-state index in [4.69, 9.17) is 0 Å². The maximum Gasteiger partial charge on any atom is 0.229 e. The fraction of sp³-hybridized carbons (Fsp3) is 0.250. The van der Waals surface area contributed by atoms with E-state index in [0.717, 1.165) is 48.4 Å². The minimum atomic E-state index is -0.982. The van der Waals surface area contributed by atoms with Crippen molar-refractivity contribution in [1.82, 2.24) is 9.97 Å². The summed E-state index contributed by atoms with van der Waals surface area (Å²) in [5.41, 5.74) is 1.88. The van der Waals surface area contributed by atoms with Crippen molar-refractivity contribution >= 4 is 28.4 Å². The van der Waals surface area contributed by atoms with Gasteiger partial charge in [0.05, 0.1) is 23.1 Å². The molecule has 1 amide bonds. The van der Waals surface area contributed by atoms with E-state index in [0.29, 0.717) is 6.54 Å². The molecule has 0 saturated carbocycles. The van der Waals surface area contributed by atoms with Crippen LogP contribution in [0.4, 0.5) is 20.3 Å². The smallest absolute Gasteiger partial charge is 0.229 e. The lowest BCUT2D eigenvalue weighted by Crippen LogP contribution is -2.41. The van der Waals surface area contributed by atoms with Crippen LogP contribution >= 0.6 is 0 Å². The Morgan fingerprint density at radius 3 is 2.74 bits per heavy atom. The average Bonchev–Trinajstić information content (AvgIpc) is 2.70. The third-order valence-electron chi connectivity index (χ3n) is 4.74. The number of benzene rings is 2. The summed E-state index contributed by atoms with van der Waals surface area (Å²) in [7, 11) is 0. The summed E-state index contributed by atoms with van der Waals surface area (Å²) in [5.74, 6) is -1.66. The molecule has 1 saturated heterocycles. The van der Waals surface area contributed by atoms with Gasteiger partial charge in [0.1, 0.15) is 5.82 Å². The first-order valence-corrected chi connectivity index (χ1v) is 8.83. The van der Waals surface area contributed by atoms with Crippen molar-refractivity contribution in [2.24, 2.45) is 5.92 Å². The van der Waals surface area contributed by atoms with Gasteiger partial charge in [0.2, 0.25) is 5.91 Å². The molecule has 2 aromatic carbocycles. The Morgan fingerprint density at radius 2 is 1.93 bits per heavy atom. The van der Waals surface area contributed by atoms with Crippen LogP contribution in [0.1, 0.15) is 12.8 Å². The van der Waals surface area contributed by atoms with Gasteiger partial charge in [-0.15, -0.1) is 0 Å². The number of carbonyl (C=O) groups excluding carboxylic acids is 1. The van der Waals surface area contributed by atoms with Crippen LogP contribution < -0.4 is 10.2 Å². The molecule has 1 aromatic heterocycles. The first-order chi connectivity index (χ1) is 13.1. The third kappa shape index (κ3) is 3.72. The van der Waals surface area contributed by atoms with E-state index >= 15 is 0 Å². The molecule has 0 unspecified atom stereocenters. The normalized spacial score (nSPS) is 17.1. The van der Waals surface area contributed by atoms with Crippen molar-refractivity contribution < 1.29 is 13.6 Å². The zero-order chi connectivity index (χ0) is 18.8. The SMILES string of the molecule is O=C(Nc1ccc(F)c(F)c1)[C@H]1CCCN(c2cnc3ccccc3n2)C1. The number of carbonyl (C=O) groups is 1. The summed E-state index contributed by atoms with van der Waals surface area (Å²) in [6.07, 6.45) is 3.29. The van der Waals surface area contributed by atoms with Gasteiger partial charge in [-0.2, -0.15) is 0 Å². The standard InChI is InChI=1S/C20H18F2N4O/c21-15-8-7-14(10-16(15)22)24-20(27)13-4-3-9-26(12-13)19-11-23-17-5-1-2-6-18(17)25-19/h1-2,5-8,10-11,13H,3-4,9,12H2,(H,24,27)/t13-/m0/s1. The Labute approximate surface area is 155 Å². The lowest BCUT2D eigenvalue weighted by Gasteiger charge is -2.32. The van der Waals surface area contributed by atoms with E-state index in [-0.39, 0.29) is 17.5 Å². The summed E-state index contributed by atoms with van der Waals surface area (Å²) in [5, 5.41) is 2.67. The lowest BCUT2D eigenvalue weighted by molar-refractivity contribution is -0.120. The Hall–Kier alpha value is -3.09. The maximum atomic E-state index is 13.3. The number of amides is 1. The van der Waals surface area contributed by atoms with Crippen LogP contribution in [0.5, 0.6) is 0 Å². The van der Waals surface area contributed by atoms with Gasteiger partial charge in [0, 0.05) is 24.8 Å². The molecule has 1 aliphatic rings. The van der Waals surface area contributed by atoms with Gasteiger partial charge in [-0.05, 0) is 37.1 Å². The van der Waals surface area contributed by atoms with Gasteiger partial charge in [-0.25, -0.2) is 13.8 Å². The third-order valence-corrected chi connectivity index (χ3v) is 4.74. The quantitative estimate of drug-likeness (QED) is 0.765. The van der Waals surface area contributed by atoms with Gasteiger partial charge in [-0.3, -0.25) is 9.78 Å². The number of aromatic nitrogens is 2. The zero-order valence-electron chi connectivity index (χ0n) is 14.5. The van der Waals surface area contributed by atoms with E-state index < -0.39 is 11.6 Å². The fourth-order valence-electron chi connectivity index (χ4n) is 3.32. The number of fused-ring (bicyclic) bond motifs is 1. The van der Waals surface area contributed by atoms with Crippen molar-refractivity contribution in [2.75, 3.05) is 23.3 Å². The van der Waals surface area contributed by atoms with Crippen molar-refractivity contribution in [3.63, 3.8) is 0 Å². The summed E-state index contributed by atoms with van der Waals surface area (Å²) in [4.78, 5) is 23.7. The summed E-state index contributed by atoms with van der Waals surface area (Å²) in [6.45, 7) is 1.30. The number of nitrogens with zero attached hydrogens (tertiary/aromatic N) is 3. The van der Waals surface area contributed by atoms with E-state index in [2.05, 4.69) is 15.3 Å². The molecule has 7 heteroatoms. The number of piperidine rings is 1. The number of para-hydroxylation sites is 2. The Balaban J connectivity index is 1.48. The highest BCUT2D eigenvalue weighted by Gasteiger charge is 2.27. The fourth-order valence-corrected chi connectivity index (χ4v) is 3.32. The first kappa shape index (κ1) is 17.3. The Kier molecular flexibility index (Phi) is 4.66. The highest BCUT2D eigenvalue weighted by molar-refractivity contribution is 5.93. The number of rotatable bonds is 3. The highest BCUT2D eigenvalue weighted by Crippen LogP contribution is 2.24. The van der Waals surface area contributed by atoms with Crippen LogP contribution in [0.3, 0.4) is 0 Å². The largest absolute Gasteiger partial charge is 0.355 e. The molecule has 3 aromatic rings. The van der Waals surface area contributed by atoms with Gasteiger partial charge in [0.25, 0.3) is 0 Å². The van der Waals surface area contributed by atoms with Crippen molar-refractivity contribution in [1.29, 1.82) is 0 Å². The molecule has 5 nitrogen and oxygen atoms in total. The molecule has 1 atom stereocenters. The van der Waals surface area contributed by atoms with Crippen molar-refractivity contribution in [2.45, 2.75) is 12.8 Å². The van der Waals surface area contributed by atoms with Crippen LogP contribution in [-0.2, 0) is 4.79 Å². The molecule has 27 heavy (non-hydrogen) atoms. The minimum Gasteiger partial charge on any atom is -0.355 e. The first-order valence-electron chi connectivity index (χ1n) is 8.83. The van der Waals surface area contributed by atoms with E-state index in [1.54, 1.807) is 6.20 Å². The number of hydrogen-bond donors (Lipinski definition) is 1. The molecule has 0 aliphatic carbocycles. The number of hydrogen-bond acceptors (Lipinski definition) is 4. The predicted molar refractivity (Wildman–Crippen MR) is 99.5 cm³/mol. The monoisotopic (exact) mass is 368 g/mol. The summed E-state index contributed by atoms with van der Waals surface area (Å²) in [6, 6.07) is 11.0. The van der Waals surface area contributed by atoms with Gasteiger partial charge in [-0.1, -0.05) is 12.1 Å². The summed E-state index contributed by atoms with van der Waals surface area (Å²) < 4.78 is 26.4. The van der Waals surface area contributed by atoms with Gasteiger partial charge in [0.15, 0.2) is 11.6 Å². The van der Waals surface area contributed by atoms with E-state index in [1.807, 2.05) is 29.2 Å². The van der Waals surface area contributed by atoms with Gasteiger partial charge < -0.3 is 10.2 Å². The minimum absolute atomic E-state index is 0.209. The predicted octanol–water partition coefficient (Wildman–Crippen LogP) is 3.76. The topological polar surface area (TPSA) is 58.1 Å². The molecule has 0 spiro atoms. The molecule has 0 bridgehead atoms. The lowest BCUT2D eigenvalue weighted by atomic mass is 9.97. The maximum absolute atomic E-state index is 13.3. The second kappa shape index (κ2) is 7.26. The molecule has 138 valence electrons. The average molecular weight is 368 g/mol. The van der Waals surface area contributed by atoms with Crippen LogP contribution in [0.2, 0.25) is 0 Å². The summed E-state index contributed by atoms with van der Waals surface area (Å²) >= 11 is 0.